The standard InChI is InChI=1S/C19H21ClN2O/c20-17-8-6-16(7-9-17)18(15-4-2-1-3-5-15)19(23)22-11-10-14(12-21)13-22/h1-9,14,18H,10-13,21H2. The van der Waals surface area contributed by atoms with Gasteiger partial charge in [0.2, 0.25) is 5.91 Å². The molecule has 4 heteroatoms. The van der Waals surface area contributed by atoms with E-state index in [-0.39, 0.29) is 11.8 Å². The number of halogens is 1. The summed E-state index contributed by atoms with van der Waals surface area (Å²) >= 11 is 6.00. The third-order valence-corrected chi connectivity index (χ3v) is 4.77. The van der Waals surface area contributed by atoms with Crippen LogP contribution in [0.1, 0.15) is 23.5 Å². The summed E-state index contributed by atoms with van der Waals surface area (Å²) in [5, 5.41) is 0.678. The first-order valence-corrected chi connectivity index (χ1v) is 8.36. The fourth-order valence-electron chi connectivity index (χ4n) is 3.19. The molecular weight excluding hydrogens is 308 g/mol. The molecule has 0 bridgehead atoms. The molecule has 1 fully saturated rings. The predicted octanol–water partition coefficient (Wildman–Crippen LogP) is 3.28. The number of nitrogens with zero attached hydrogens (tertiary/aromatic N) is 1. The molecule has 120 valence electrons. The van der Waals surface area contributed by atoms with E-state index in [1.807, 2.05) is 59.5 Å². The fourth-order valence-corrected chi connectivity index (χ4v) is 3.31. The molecule has 0 aromatic heterocycles. The minimum Gasteiger partial charge on any atom is -0.342 e. The Kier molecular flexibility index (Phi) is 4.99. The number of hydrogen-bond acceptors (Lipinski definition) is 2. The number of carbonyl (C=O) groups is 1. The van der Waals surface area contributed by atoms with E-state index in [2.05, 4.69) is 0 Å². The van der Waals surface area contributed by atoms with Gasteiger partial charge in [-0.15, -0.1) is 0 Å². The quantitative estimate of drug-likeness (QED) is 0.936. The molecule has 0 radical (unpaired) electrons. The Labute approximate surface area is 142 Å². The molecule has 1 aliphatic rings. The SMILES string of the molecule is NCC1CCN(C(=O)C(c2ccccc2)c2ccc(Cl)cc2)C1. The van der Waals surface area contributed by atoms with Gasteiger partial charge in [0.05, 0.1) is 5.92 Å². The summed E-state index contributed by atoms with van der Waals surface area (Å²) in [6.07, 6.45) is 0.990. The van der Waals surface area contributed by atoms with E-state index < -0.39 is 0 Å². The monoisotopic (exact) mass is 328 g/mol. The maximum atomic E-state index is 13.1. The summed E-state index contributed by atoms with van der Waals surface area (Å²) in [5.41, 5.74) is 7.74. The van der Waals surface area contributed by atoms with Gasteiger partial charge < -0.3 is 10.6 Å². The van der Waals surface area contributed by atoms with Crippen molar-refractivity contribution in [3.8, 4) is 0 Å². The Morgan fingerprint density at radius 2 is 1.78 bits per heavy atom. The van der Waals surface area contributed by atoms with Crippen molar-refractivity contribution in [1.29, 1.82) is 0 Å². The summed E-state index contributed by atoms with van der Waals surface area (Å²) < 4.78 is 0. The molecule has 23 heavy (non-hydrogen) atoms. The molecule has 1 saturated heterocycles. The van der Waals surface area contributed by atoms with Gasteiger partial charge in [-0.2, -0.15) is 0 Å². The lowest BCUT2D eigenvalue weighted by molar-refractivity contribution is -0.130. The van der Waals surface area contributed by atoms with E-state index in [0.717, 1.165) is 30.6 Å². The smallest absolute Gasteiger partial charge is 0.234 e. The van der Waals surface area contributed by atoms with Gasteiger partial charge in [-0.1, -0.05) is 54.1 Å². The van der Waals surface area contributed by atoms with E-state index in [9.17, 15) is 4.79 Å². The molecule has 2 atom stereocenters. The lowest BCUT2D eigenvalue weighted by atomic mass is 9.90. The van der Waals surface area contributed by atoms with Gasteiger partial charge in [0, 0.05) is 18.1 Å². The molecule has 0 spiro atoms. The maximum Gasteiger partial charge on any atom is 0.234 e. The van der Waals surface area contributed by atoms with Crippen LogP contribution in [0.25, 0.3) is 0 Å². The van der Waals surface area contributed by atoms with Gasteiger partial charge in [0.1, 0.15) is 0 Å². The first kappa shape index (κ1) is 16.0. The second-order valence-electron chi connectivity index (χ2n) is 6.07. The zero-order chi connectivity index (χ0) is 16.2. The van der Waals surface area contributed by atoms with Gasteiger partial charge in [-0.25, -0.2) is 0 Å². The Morgan fingerprint density at radius 1 is 1.13 bits per heavy atom. The Hall–Kier alpha value is -1.84. The van der Waals surface area contributed by atoms with Crippen molar-refractivity contribution in [2.24, 2.45) is 11.7 Å². The topological polar surface area (TPSA) is 46.3 Å². The largest absolute Gasteiger partial charge is 0.342 e. The number of nitrogens with two attached hydrogens (primary N) is 1. The molecule has 0 aliphatic carbocycles. The lowest BCUT2D eigenvalue weighted by Crippen LogP contribution is -2.34. The Bertz CT molecular complexity index is 657. The minimum atomic E-state index is -0.287. The average Bonchev–Trinajstić information content (AvgIpc) is 3.07. The summed E-state index contributed by atoms with van der Waals surface area (Å²) in [5.74, 6) is 0.278. The highest BCUT2D eigenvalue weighted by molar-refractivity contribution is 6.30. The van der Waals surface area contributed by atoms with Crippen molar-refractivity contribution in [2.75, 3.05) is 19.6 Å². The molecule has 3 rings (SSSR count). The fraction of sp³-hybridized carbons (Fsp3) is 0.316. The highest BCUT2D eigenvalue weighted by atomic mass is 35.5. The van der Waals surface area contributed by atoms with Crippen molar-refractivity contribution >= 4 is 17.5 Å². The van der Waals surface area contributed by atoms with Crippen molar-refractivity contribution in [3.05, 3.63) is 70.7 Å². The molecule has 2 N–H and O–H groups in total. The van der Waals surface area contributed by atoms with Gasteiger partial charge in [-0.05, 0) is 42.1 Å². The van der Waals surface area contributed by atoms with E-state index in [4.69, 9.17) is 17.3 Å². The Balaban J connectivity index is 1.92. The van der Waals surface area contributed by atoms with E-state index in [1.165, 1.54) is 0 Å². The molecule has 1 amide bonds. The van der Waals surface area contributed by atoms with Crippen LogP contribution in [0.15, 0.2) is 54.6 Å². The third kappa shape index (κ3) is 3.57. The molecule has 2 aromatic carbocycles. The second-order valence-corrected chi connectivity index (χ2v) is 6.51. The molecule has 0 saturated carbocycles. The van der Waals surface area contributed by atoms with Crippen LogP contribution in [-0.4, -0.2) is 30.4 Å². The van der Waals surface area contributed by atoms with Crippen LogP contribution < -0.4 is 5.73 Å². The molecular formula is C19H21ClN2O. The highest BCUT2D eigenvalue weighted by Crippen LogP contribution is 2.30. The number of amides is 1. The summed E-state index contributed by atoms with van der Waals surface area (Å²) in [4.78, 5) is 15.1. The number of carbonyl (C=O) groups excluding carboxylic acids is 1. The molecule has 1 heterocycles. The summed E-state index contributed by atoms with van der Waals surface area (Å²) in [7, 11) is 0. The van der Waals surface area contributed by atoms with Crippen LogP contribution in [0.3, 0.4) is 0 Å². The Morgan fingerprint density at radius 3 is 2.39 bits per heavy atom. The van der Waals surface area contributed by atoms with Gasteiger partial charge in [-0.3, -0.25) is 4.79 Å². The van der Waals surface area contributed by atoms with Crippen LogP contribution in [0.2, 0.25) is 5.02 Å². The third-order valence-electron chi connectivity index (χ3n) is 4.51. The zero-order valence-corrected chi connectivity index (χ0v) is 13.7. The predicted molar refractivity (Wildman–Crippen MR) is 93.5 cm³/mol. The molecule has 2 aromatic rings. The van der Waals surface area contributed by atoms with Crippen molar-refractivity contribution in [2.45, 2.75) is 12.3 Å². The van der Waals surface area contributed by atoms with Crippen LogP contribution in [0, 0.1) is 5.92 Å². The van der Waals surface area contributed by atoms with Gasteiger partial charge in [0.15, 0.2) is 0 Å². The summed E-state index contributed by atoms with van der Waals surface area (Å²) in [6.45, 7) is 2.19. The van der Waals surface area contributed by atoms with E-state index in [1.54, 1.807) is 0 Å². The van der Waals surface area contributed by atoms with E-state index in [0.29, 0.717) is 17.5 Å². The zero-order valence-electron chi connectivity index (χ0n) is 13.0. The second kappa shape index (κ2) is 7.16. The van der Waals surface area contributed by atoms with Crippen LogP contribution in [0.4, 0.5) is 0 Å². The summed E-state index contributed by atoms with van der Waals surface area (Å²) in [6, 6.07) is 17.5. The highest BCUT2D eigenvalue weighted by Gasteiger charge is 2.32. The van der Waals surface area contributed by atoms with Crippen LogP contribution in [0.5, 0.6) is 0 Å². The van der Waals surface area contributed by atoms with Crippen molar-refractivity contribution in [1.82, 2.24) is 4.90 Å². The van der Waals surface area contributed by atoms with Crippen LogP contribution >= 0.6 is 11.6 Å². The maximum absolute atomic E-state index is 13.1. The normalized spacial score (nSPS) is 18.9. The molecule has 2 unspecified atom stereocenters. The van der Waals surface area contributed by atoms with Crippen molar-refractivity contribution in [3.63, 3.8) is 0 Å². The average molecular weight is 329 g/mol. The molecule has 3 nitrogen and oxygen atoms in total. The number of rotatable bonds is 4. The lowest BCUT2D eigenvalue weighted by Gasteiger charge is -2.24. The van der Waals surface area contributed by atoms with Gasteiger partial charge >= 0.3 is 0 Å². The van der Waals surface area contributed by atoms with E-state index >= 15 is 0 Å². The molecule has 1 aliphatic heterocycles. The minimum absolute atomic E-state index is 0.148. The first-order valence-electron chi connectivity index (χ1n) is 7.98. The van der Waals surface area contributed by atoms with Gasteiger partial charge in [0.25, 0.3) is 0 Å². The number of likely N-dealkylation sites (tertiary alicyclic amines) is 1. The number of benzene rings is 2. The van der Waals surface area contributed by atoms with Crippen LogP contribution in [-0.2, 0) is 4.79 Å². The first-order chi connectivity index (χ1) is 11.2. The number of hydrogen-bond donors (Lipinski definition) is 1. The van der Waals surface area contributed by atoms with Crippen molar-refractivity contribution < 1.29 is 4.79 Å².